The first-order valence-electron chi connectivity index (χ1n) is 11.0. The van der Waals surface area contributed by atoms with E-state index in [1.54, 1.807) is 6.07 Å². The molecule has 0 aliphatic heterocycles. The van der Waals surface area contributed by atoms with Crippen molar-refractivity contribution in [1.29, 1.82) is 0 Å². The first-order valence-corrected chi connectivity index (χ1v) is 11.0. The SMILES string of the molecule is CC(C)CCn1ccc2c(NC(=O)Cn3nc4c(cc3=O)CCCCC4)cccc21. The van der Waals surface area contributed by atoms with Gasteiger partial charge in [-0.25, -0.2) is 4.68 Å². The van der Waals surface area contributed by atoms with Gasteiger partial charge in [-0.05, 0) is 61.8 Å². The molecule has 1 aromatic carbocycles. The summed E-state index contributed by atoms with van der Waals surface area (Å²) in [5.74, 6) is 0.401. The molecular formula is C24H30N4O2. The molecule has 6 heteroatoms. The predicted molar refractivity (Wildman–Crippen MR) is 120 cm³/mol. The quantitative estimate of drug-likeness (QED) is 0.625. The fraction of sp³-hybridized carbons (Fsp3) is 0.458. The van der Waals surface area contributed by atoms with E-state index in [1.807, 2.05) is 18.2 Å². The highest BCUT2D eigenvalue weighted by Gasteiger charge is 2.15. The maximum absolute atomic E-state index is 12.7. The van der Waals surface area contributed by atoms with E-state index in [4.69, 9.17) is 0 Å². The maximum atomic E-state index is 12.7. The van der Waals surface area contributed by atoms with E-state index in [1.165, 1.54) is 4.68 Å². The summed E-state index contributed by atoms with van der Waals surface area (Å²) in [4.78, 5) is 25.2. The van der Waals surface area contributed by atoms with Crippen LogP contribution in [0.25, 0.3) is 10.9 Å². The Morgan fingerprint density at radius 3 is 2.83 bits per heavy atom. The van der Waals surface area contributed by atoms with Gasteiger partial charge in [-0.2, -0.15) is 5.10 Å². The number of hydrogen-bond acceptors (Lipinski definition) is 3. The van der Waals surface area contributed by atoms with Crippen molar-refractivity contribution < 1.29 is 4.79 Å². The molecule has 3 aromatic rings. The molecule has 6 nitrogen and oxygen atoms in total. The van der Waals surface area contributed by atoms with Gasteiger partial charge in [-0.15, -0.1) is 0 Å². The van der Waals surface area contributed by atoms with Gasteiger partial charge in [0, 0.05) is 24.2 Å². The van der Waals surface area contributed by atoms with Crippen LogP contribution in [-0.4, -0.2) is 20.3 Å². The van der Waals surface area contributed by atoms with Gasteiger partial charge in [-0.1, -0.05) is 26.3 Å². The lowest BCUT2D eigenvalue weighted by molar-refractivity contribution is -0.117. The second-order valence-corrected chi connectivity index (χ2v) is 8.65. The summed E-state index contributed by atoms with van der Waals surface area (Å²) in [7, 11) is 0. The molecule has 158 valence electrons. The van der Waals surface area contributed by atoms with Crippen LogP contribution in [-0.2, 0) is 30.7 Å². The highest BCUT2D eigenvalue weighted by atomic mass is 16.2. The Morgan fingerprint density at radius 1 is 1.17 bits per heavy atom. The summed E-state index contributed by atoms with van der Waals surface area (Å²) in [5.41, 5.74) is 3.67. The van der Waals surface area contributed by atoms with Gasteiger partial charge in [0.1, 0.15) is 6.54 Å². The minimum Gasteiger partial charge on any atom is -0.347 e. The molecule has 1 amide bonds. The Balaban J connectivity index is 1.51. The Kier molecular flexibility index (Phi) is 6.02. The summed E-state index contributed by atoms with van der Waals surface area (Å²) in [5, 5.41) is 8.49. The molecule has 0 bridgehead atoms. The van der Waals surface area contributed by atoms with Crippen LogP contribution >= 0.6 is 0 Å². The third-order valence-corrected chi connectivity index (χ3v) is 5.85. The Bertz CT molecular complexity index is 1110. The van der Waals surface area contributed by atoms with Gasteiger partial charge in [0.15, 0.2) is 0 Å². The third kappa shape index (κ3) is 4.48. The van der Waals surface area contributed by atoms with Crippen molar-refractivity contribution in [3.8, 4) is 0 Å². The lowest BCUT2D eigenvalue weighted by atomic mass is 10.1. The molecule has 2 aromatic heterocycles. The van der Waals surface area contributed by atoms with E-state index in [2.05, 4.69) is 41.1 Å². The summed E-state index contributed by atoms with van der Waals surface area (Å²) in [6, 6.07) is 9.63. The first kappa shape index (κ1) is 20.4. The molecule has 1 aliphatic carbocycles. The average molecular weight is 407 g/mol. The van der Waals surface area contributed by atoms with Crippen LogP contribution < -0.4 is 10.9 Å². The number of nitrogens with one attached hydrogen (secondary N) is 1. The molecule has 0 fully saturated rings. The van der Waals surface area contributed by atoms with Gasteiger partial charge < -0.3 is 9.88 Å². The molecular weight excluding hydrogens is 376 g/mol. The Labute approximate surface area is 176 Å². The number of aromatic nitrogens is 3. The number of nitrogens with zero attached hydrogens (tertiary/aromatic N) is 3. The number of carbonyl (C=O) groups excluding carboxylic acids is 1. The topological polar surface area (TPSA) is 68.9 Å². The van der Waals surface area contributed by atoms with Crippen molar-refractivity contribution in [2.45, 2.75) is 65.5 Å². The second kappa shape index (κ2) is 8.86. The molecule has 0 unspecified atom stereocenters. The standard InChI is InChI=1S/C24H30N4O2/c1-17(2)11-13-27-14-12-19-21(9-6-10-22(19)27)25-23(29)16-28-24(30)15-18-7-4-3-5-8-20(18)26-28/h6,9-10,12,14-15,17H,3-5,7-8,11,13,16H2,1-2H3,(H,25,29). The average Bonchev–Trinajstić information content (AvgIpc) is 3.00. The van der Waals surface area contributed by atoms with Crippen molar-refractivity contribution in [2.75, 3.05) is 5.32 Å². The highest BCUT2D eigenvalue weighted by molar-refractivity contribution is 6.01. The molecule has 1 aliphatic rings. The van der Waals surface area contributed by atoms with E-state index in [0.29, 0.717) is 5.92 Å². The van der Waals surface area contributed by atoms with Gasteiger partial charge in [0.05, 0.1) is 16.9 Å². The molecule has 2 heterocycles. The van der Waals surface area contributed by atoms with E-state index in [-0.39, 0.29) is 18.0 Å². The normalized spacial score (nSPS) is 14.0. The summed E-state index contributed by atoms with van der Waals surface area (Å²) in [6.45, 7) is 5.31. The van der Waals surface area contributed by atoms with Crippen molar-refractivity contribution in [3.05, 3.63) is 58.1 Å². The van der Waals surface area contributed by atoms with Gasteiger partial charge in [0.2, 0.25) is 5.91 Å². The zero-order valence-electron chi connectivity index (χ0n) is 17.9. The highest BCUT2D eigenvalue weighted by Crippen LogP contribution is 2.25. The smallest absolute Gasteiger partial charge is 0.267 e. The number of hydrogen-bond donors (Lipinski definition) is 1. The third-order valence-electron chi connectivity index (χ3n) is 5.85. The fourth-order valence-corrected chi connectivity index (χ4v) is 4.14. The molecule has 0 saturated carbocycles. The lowest BCUT2D eigenvalue weighted by Gasteiger charge is -2.11. The number of aryl methyl sites for hydroxylation is 3. The predicted octanol–water partition coefficient (Wildman–Crippen LogP) is 4.15. The summed E-state index contributed by atoms with van der Waals surface area (Å²) >= 11 is 0. The van der Waals surface area contributed by atoms with Crippen LogP contribution in [0.1, 0.15) is 50.8 Å². The van der Waals surface area contributed by atoms with Crippen LogP contribution in [0.3, 0.4) is 0 Å². The monoisotopic (exact) mass is 406 g/mol. The second-order valence-electron chi connectivity index (χ2n) is 8.65. The van der Waals surface area contributed by atoms with Crippen molar-refractivity contribution in [3.63, 3.8) is 0 Å². The molecule has 0 atom stereocenters. The van der Waals surface area contributed by atoms with Crippen LogP contribution in [0.2, 0.25) is 0 Å². The number of amides is 1. The first-order chi connectivity index (χ1) is 14.5. The van der Waals surface area contributed by atoms with Crippen LogP contribution in [0.15, 0.2) is 41.3 Å². The number of fused-ring (bicyclic) bond motifs is 2. The lowest BCUT2D eigenvalue weighted by Crippen LogP contribution is -2.30. The van der Waals surface area contributed by atoms with Crippen LogP contribution in [0.5, 0.6) is 0 Å². The van der Waals surface area contributed by atoms with E-state index in [9.17, 15) is 9.59 Å². The number of benzene rings is 1. The molecule has 0 radical (unpaired) electrons. The Morgan fingerprint density at radius 2 is 2.00 bits per heavy atom. The largest absolute Gasteiger partial charge is 0.347 e. The minimum atomic E-state index is -0.236. The fourth-order valence-electron chi connectivity index (χ4n) is 4.14. The maximum Gasteiger partial charge on any atom is 0.267 e. The Hall–Kier alpha value is -2.89. The van der Waals surface area contributed by atoms with E-state index >= 15 is 0 Å². The van der Waals surface area contributed by atoms with Gasteiger partial charge >= 0.3 is 0 Å². The molecule has 1 N–H and O–H groups in total. The van der Waals surface area contributed by atoms with Crippen molar-refractivity contribution >= 4 is 22.5 Å². The van der Waals surface area contributed by atoms with Gasteiger partial charge in [-0.3, -0.25) is 9.59 Å². The van der Waals surface area contributed by atoms with E-state index in [0.717, 1.165) is 72.9 Å². The zero-order chi connectivity index (χ0) is 21.1. The number of rotatable bonds is 6. The number of anilines is 1. The summed E-state index contributed by atoms with van der Waals surface area (Å²) < 4.78 is 3.52. The van der Waals surface area contributed by atoms with E-state index < -0.39 is 0 Å². The zero-order valence-corrected chi connectivity index (χ0v) is 17.9. The van der Waals surface area contributed by atoms with Crippen LogP contribution in [0, 0.1) is 5.92 Å². The molecule has 30 heavy (non-hydrogen) atoms. The minimum absolute atomic E-state index is 0.0729. The van der Waals surface area contributed by atoms with Crippen LogP contribution in [0.4, 0.5) is 5.69 Å². The summed E-state index contributed by atoms with van der Waals surface area (Å²) in [6.07, 6.45) is 8.29. The number of carbonyl (C=O) groups is 1. The molecule has 0 saturated heterocycles. The molecule has 4 rings (SSSR count). The molecule has 0 spiro atoms. The van der Waals surface area contributed by atoms with Crippen molar-refractivity contribution in [2.24, 2.45) is 5.92 Å². The van der Waals surface area contributed by atoms with Crippen molar-refractivity contribution in [1.82, 2.24) is 14.3 Å². The van der Waals surface area contributed by atoms with Gasteiger partial charge in [0.25, 0.3) is 5.56 Å².